The molecule has 7 heteroatoms. The van der Waals surface area contributed by atoms with E-state index in [1.807, 2.05) is 61.5 Å². The van der Waals surface area contributed by atoms with Crippen LogP contribution in [-0.4, -0.2) is 23.2 Å². The van der Waals surface area contributed by atoms with Crippen molar-refractivity contribution in [2.45, 2.75) is 25.6 Å². The number of carbonyl (C=O) groups is 1. The maximum absolute atomic E-state index is 13.5. The van der Waals surface area contributed by atoms with E-state index in [4.69, 9.17) is 14.5 Å². The van der Waals surface area contributed by atoms with E-state index in [-0.39, 0.29) is 11.3 Å². The number of carbonyl (C=O) groups excluding carboxylic acids is 1. The van der Waals surface area contributed by atoms with Crippen molar-refractivity contribution >= 4 is 23.2 Å². The summed E-state index contributed by atoms with van der Waals surface area (Å²) < 4.78 is 13.8. The fraction of sp³-hybridized carbons (Fsp3) is 0.261. The van der Waals surface area contributed by atoms with E-state index < -0.39 is 17.7 Å². The summed E-state index contributed by atoms with van der Waals surface area (Å²) >= 11 is 1.30. The van der Waals surface area contributed by atoms with E-state index in [0.29, 0.717) is 20.8 Å². The highest BCUT2D eigenvalue weighted by molar-refractivity contribution is 7.07. The number of fused-ring (bicyclic) bond motifs is 6. The lowest BCUT2D eigenvalue weighted by atomic mass is 9.79. The molecule has 0 fully saturated rings. The van der Waals surface area contributed by atoms with E-state index in [2.05, 4.69) is 0 Å². The minimum absolute atomic E-state index is 0.0558. The molecule has 0 aliphatic carbocycles. The Morgan fingerprint density at radius 2 is 1.97 bits per heavy atom. The molecule has 3 heterocycles. The number of hydrogen-bond acceptors (Lipinski definition) is 6. The zero-order valence-corrected chi connectivity index (χ0v) is 17.6. The molecule has 2 aliphatic rings. The number of ether oxygens (including phenoxy) is 2. The lowest BCUT2D eigenvalue weighted by Crippen LogP contribution is -2.58. The largest absolute Gasteiger partial charge is 0.496 e. The Bertz CT molecular complexity index is 1360. The predicted molar refractivity (Wildman–Crippen MR) is 114 cm³/mol. The fourth-order valence-electron chi connectivity index (χ4n) is 4.48. The van der Waals surface area contributed by atoms with Crippen molar-refractivity contribution in [1.29, 1.82) is 0 Å². The van der Waals surface area contributed by atoms with Crippen LogP contribution in [-0.2, 0) is 4.79 Å². The molecule has 0 radical (unpaired) electrons. The van der Waals surface area contributed by atoms with Gasteiger partial charge in [-0.25, -0.2) is 4.99 Å². The van der Waals surface area contributed by atoms with Crippen LogP contribution >= 0.6 is 11.3 Å². The van der Waals surface area contributed by atoms with Gasteiger partial charge in [0.15, 0.2) is 4.80 Å². The van der Waals surface area contributed by atoms with Gasteiger partial charge in [0.25, 0.3) is 5.56 Å². The van der Waals surface area contributed by atoms with Crippen molar-refractivity contribution in [3.05, 3.63) is 79.3 Å². The van der Waals surface area contributed by atoms with Crippen LogP contribution in [0.4, 0.5) is 0 Å². The van der Waals surface area contributed by atoms with Gasteiger partial charge in [0.1, 0.15) is 23.2 Å². The van der Waals surface area contributed by atoms with Crippen molar-refractivity contribution in [1.82, 2.24) is 4.57 Å². The summed E-state index contributed by atoms with van der Waals surface area (Å²) in [4.78, 5) is 31.5. The molecule has 5 rings (SSSR count). The van der Waals surface area contributed by atoms with E-state index in [1.54, 1.807) is 11.7 Å². The number of nitrogens with zero attached hydrogens (tertiary/aromatic N) is 2. The molecule has 3 unspecified atom stereocenters. The molecule has 2 bridgehead atoms. The van der Waals surface area contributed by atoms with Crippen molar-refractivity contribution in [2.75, 3.05) is 7.11 Å². The average molecular weight is 420 g/mol. The number of aromatic nitrogens is 1. The molecule has 3 atom stereocenters. The molecule has 0 saturated carbocycles. The number of ketones is 1. The summed E-state index contributed by atoms with van der Waals surface area (Å²) in [6.45, 7) is 3.35. The third-order valence-electron chi connectivity index (χ3n) is 5.74. The minimum atomic E-state index is -1.05. The first-order chi connectivity index (χ1) is 14.4. The number of hydrogen-bond donors (Lipinski definition) is 0. The van der Waals surface area contributed by atoms with Crippen LogP contribution in [0, 0.1) is 5.92 Å². The number of para-hydroxylation sites is 2. The molecule has 2 aromatic carbocycles. The van der Waals surface area contributed by atoms with Gasteiger partial charge < -0.3 is 9.47 Å². The molecule has 0 N–H and O–H groups in total. The normalized spacial score (nSPS) is 24.3. The minimum Gasteiger partial charge on any atom is -0.496 e. The summed E-state index contributed by atoms with van der Waals surface area (Å²) in [6, 6.07) is 14.6. The lowest BCUT2D eigenvalue weighted by molar-refractivity contribution is -0.132. The van der Waals surface area contributed by atoms with E-state index in [9.17, 15) is 9.59 Å². The van der Waals surface area contributed by atoms with Crippen LogP contribution in [0.3, 0.4) is 0 Å². The molecule has 0 saturated heterocycles. The second kappa shape index (κ2) is 6.67. The van der Waals surface area contributed by atoms with Gasteiger partial charge >= 0.3 is 0 Å². The number of thiazole rings is 1. The highest BCUT2D eigenvalue weighted by Gasteiger charge is 2.53. The Labute approximate surface area is 176 Å². The SMILES string of the molecule is COc1ccccc1C=c1sc2n(c1=O)C1c3ccccc3OC(C)(N=2)C1C(C)=O. The van der Waals surface area contributed by atoms with Crippen LogP contribution in [0.15, 0.2) is 58.3 Å². The van der Waals surface area contributed by atoms with Crippen molar-refractivity contribution in [3.63, 3.8) is 0 Å². The predicted octanol–water partition coefficient (Wildman–Crippen LogP) is 2.28. The third kappa shape index (κ3) is 2.65. The average Bonchev–Trinajstić information content (AvgIpc) is 3.01. The number of Topliss-reactive ketones (excluding diaryl/α,β-unsaturated/α-hetero) is 1. The summed E-state index contributed by atoms with van der Waals surface area (Å²) in [7, 11) is 1.60. The second-order valence-corrected chi connectivity index (χ2v) is 8.66. The molecular formula is C23H20N2O4S. The van der Waals surface area contributed by atoms with E-state index in [1.165, 1.54) is 18.3 Å². The van der Waals surface area contributed by atoms with Gasteiger partial charge in [-0.1, -0.05) is 47.7 Å². The summed E-state index contributed by atoms with van der Waals surface area (Å²) in [5.41, 5.74) is 0.420. The standard InChI is InChI=1S/C23H20N2O4S/c1-13(26)19-20-15-9-5-7-11-17(15)29-23(19,2)24-22-25(20)21(27)18(30-22)12-14-8-4-6-10-16(14)28-3/h4-12,19-20H,1-3H3. The van der Waals surface area contributed by atoms with Gasteiger partial charge in [0.2, 0.25) is 5.72 Å². The Morgan fingerprint density at radius 3 is 2.73 bits per heavy atom. The Hall–Kier alpha value is -3.19. The van der Waals surface area contributed by atoms with Gasteiger partial charge in [0, 0.05) is 11.1 Å². The number of rotatable bonds is 3. The maximum atomic E-state index is 13.5. The highest BCUT2D eigenvalue weighted by atomic mass is 32.1. The first kappa shape index (κ1) is 18.8. The maximum Gasteiger partial charge on any atom is 0.270 e. The van der Waals surface area contributed by atoms with Crippen LogP contribution in [0.5, 0.6) is 11.5 Å². The molecule has 0 amide bonds. The molecule has 0 spiro atoms. The Kier molecular flexibility index (Phi) is 4.18. The number of methoxy groups -OCH3 is 1. The fourth-order valence-corrected chi connectivity index (χ4v) is 5.57. The summed E-state index contributed by atoms with van der Waals surface area (Å²) in [6.07, 6.45) is 1.81. The van der Waals surface area contributed by atoms with Gasteiger partial charge in [0.05, 0.1) is 17.7 Å². The zero-order valence-electron chi connectivity index (χ0n) is 16.8. The number of benzene rings is 2. The smallest absolute Gasteiger partial charge is 0.270 e. The molecule has 1 aromatic heterocycles. The molecule has 152 valence electrons. The first-order valence-corrected chi connectivity index (χ1v) is 10.5. The molecular weight excluding hydrogens is 400 g/mol. The summed E-state index contributed by atoms with van der Waals surface area (Å²) in [5.74, 6) is 0.711. The third-order valence-corrected chi connectivity index (χ3v) is 6.73. The molecule has 2 aliphatic heterocycles. The van der Waals surface area contributed by atoms with Gasteiger partial charge in [-0.15, -0.1) is 0 Å². The van der Waals surface area contributed by atoms with Crippen molar-refractivity contribution < 1.29 is 14.3 Å². The van der Waals surface area contributed by atoms with Gasteiger partial charge in [-0.2, -0.15) is 0 Å². The van der Waals surface area contributed by atoms with Crippen molar-refractivity contribution in [2.24, 2.45) is 10.9 Å². The van der Waals surface area contributed by atoms with Crippen LogP contribution in [0.25, 0.3) is 6.08 Å². The van der Waals surface area contributed by atoms with E-state index >= 15 is 0 Å². The van der Waals surface area contributed by atoms with Crippen LogP contribution in [0.1, 0.15) is 31.0 Å². The van der Waals surface area contributed by atoms with Gasteiger partial charge in [-0.05, 0) is 32.1 Å². The van der Waals surface area contributed by atoms with Crippen LogP contribution < -0.4 is 24.4 Å². The Balaban J connectivity index is 1.81. The monoisotopic (exact) mass is 420 g/mol. The highest BCUT2D eigenvalue weighted by Crippen LogP contribution is 2.47. The molecule has 6 nitrogen and oxygen atoms in total. The van der Waals surface area contributed by atoms with Crippen molar-refractivity contribution in [3.8, 4) is 11.5 Å². The zero-order chi connectivity index (χ0) is 21.0. The van der Waals surface area contributed by atoms with Crippen LogP contribution in [0.2, 0.25) is 0 Å². The van der Waals surface area contributed by atoms with E-state index in [0.717, 1.165) is 11.1 Å². The summed E-state index contributed by atoms with van der Waals surface area (Å²) in [5, 5.41) is 0. The molecule has 30 heavy (non-hydrogen) atoms. The topological polar surface area (TPSA) is 69.9 Å². The first-order valence-electron chi connectivity index (χ1n) is 9.67. The van der Waals surface area contributed by atoms with Gasteiger partial charge in [-0.3, -0.25) is 14.2 Å². The Morgan fingerprint density at radius 1 is 1.23 bits per heavy atom. The second-order valence-electron chi connectivity index (χ2n) is 7.65. The molecule has 3 aromatic rings. The lowest BCUT2D eigenvalue weighted by Gasteiger charge is -2.45. The quantitative estimate of drug-likeness (QED) is 0.652.